The van der Waals surface area contributed by atoms with Crippen LogP contribution in [-0.2, 0) is 4.79 Å². The van der Waals surface area contributed by atoms with E-state index in [0.29, 0.717) is 0 Å². The first kappa shape index (κ1) is 13.1. The van der Waals surface area contributed by atoms with Gasteiger partial charge in [-0.15, -0.1) is 0 Å². The lowest BCUT2D eigenvalue weighted by atomic mass is 10.1. The molecule has 1 fully saturated rings. The SMILES string of the molecule is Cc1cccn2cc(-c3ccc(NC(=O)C4CC4)cc3)cc12. The molecule has 3 heteroatoms. The number of nitrogens with zero attached hydrogens (tertiary/aromatic N) is 1. The predicted molar refractivity (Wildman–Crippen MR) is 88.9 cm³/mol. The summed E-state index contributed by atoms with van der Waals surface area (Å²) in [6, 6.07) is 14.5. The van der Waals surface area contributed by atoms with E-state index in [-0.39, 0.29) is 11.8 Å². The molecular weight excluding hydrogens is 272 g/mol. The highest BCUT2D eigenvalue weighted by molar-refractivity contribution is 5.94. The number of carbonyl (C=O) groups is 1. The molecule has 1 saturated carbocycles. The molecule has 110 valence electrons. The van der Waals surface area contributed by atoms with Crippen LogP contribution in [0.4, 0.5) is 5.69 Å². The van der Waals surface area contributed by atoms with E-state index >= 15 is 0 Å². The van der Waals surface area contributed by atoms with Crippen molar-refractivity contribution in [2.75, 3.05) is 5.32 Å². The molecule has 2 heterocycles. The first-order valence-electron chi connectivity index (χ1n) is 7.69. The zero-order chi connectivity index (χ0) is 15.1. The summed E-state index contributed by atoms with van der Waals surface area (Å²) in [4.78, 5) is 11.8. The van der Waals surface area contributed by atoms with Crippen LogP contribution in [0.3, 0.4) is 0 Å². The normalized spacial score (nSPS) is 14.2. The molecule has 22 heavy (non-hydrogen) atoms. The number of amides is 1. The maximum absolute atomic E-state index is 11.8. The van der Waals surface area contributed by atoms with E-state index < -0.39 is 0 Å². The van der Waals surface area contributed by atoms with Crippen LogP contribution in [0.1, 0.15) is 18.4 Å². The van der Waals surface area contributed by atoms with Gasteiger partial charge < -0.3 is 9.72 Å². The zero-order valence-corrected chi connectivity index (χ0v) is 12.5. The van der Waals surface area contributed by atoms with Gasteiger partial charge in [0.15, 0.2) is 0 Å². The number of rotatable bonds is 3. The van der Waals surface area contributed by atoms with E-state index in [9.17, 15) is 4.79 Å². The van der Waals surface area contributed by atoms with E-state index in [1.165, 1.54) is 16.6 Å². The van der Waals surface area contributed by atoms with E-state index in [0.717, 1.165) is 24.1 Å². The Labute approximate surface area is 129 Å². The van der Waals surface area contributed by atoms with Crippen LogP contribution in [0.25, 0.3) is 16.6 Å². The topological polar surface area (TPSA) is 33.5 Å². The van der Waals surface area contributed by atoms with Crippen molar-refractivity contribution >= 4 is 17.1 Å². The second-order valence-electron chi connectivity index (χ2n) is 6.05. The van der Waals surface area contributed by atoms with Crippen molar-refractivity contribution in [3.8, 4) is 11.1 Å². The lowest BCUT2D eigenvalue weighted by molar-refractivity contribution is -0.117. The molecule has 4 rings (SSSR count). The maximum atomic E-state index is 11.8. The van der Waals surface area contributed by atoms with Crippen molar-refractivity contribution < 1.29 is 4.79 Å². The van der Waals surface area contributed by atoms with Crippen LogP contribution in [0, 0.1) is 12.8 Å². The Balaban J connectivity index is 1.61. The minimum atomic E-state index is 0.151. The standard InChI is InChI=1S/C19H18N2O/c1-13-3-2-10-21-12-16(11-18(13)21)14-6-8-17(9-7-14)20-19(22)15-4-5-15/h2-3,6-12,15H,4-5H2,1H3,(H,20,22). The van der Waals surface area contributed by atoms with Crippen molar-refractivity contribution in [3.63, 3.8) is 0 Å². The van der Waals surface area contributed by atoms with Crippen LogP contribution in [-0.4, -0.2) is 10.3 Å². The molecule has 0 atom stereocenters. The van der Waals surface area contributed by atoms with Crippen LogP contribution in [0.2, 0.25) is 0 Å². The van der Waals surface area contributed by atoms with E-state index in [1.807, 2.05) is 12.1 Å². The highest BCUT2D eigenvalue weighted by Gasteiger charge is 2.29. The molecule has 0 unspecified atom stereocenters. The summed E-state index contributed by atoms with van der Waals surface area (Å²) in [5.41, 5.74) is 5.72. The average molecular weight is 290 g/mol. The second kappa shape index (κ2) is 5.02. The fourth-order valence-electron chi connectivity index (χ4n) is 2.78. The van der Waals surface area contributed by atoms with E-state index in [1.54, 1.807) is 0 Å². The third kappa shape index (κ3) is 2.39. The first-order chi connectivity index (χ1) is 10.7. The third-order valence-corrected chi connectivity index (χ3v) is 4.28. The van der Waals surface area contributed by atoms with Gasteiger partial charge in [-0.1, -0.05) is 18.2 Å². The summed E-state index contributed by atoms with van der Waals surface area (Å²) in [6.07, 6.45) is 6.26. The quantitative estimate of drug-likeness (QED) is 0.768. The molecule has 2 aromatic heterocycles. The first-order valence-corrected chi connectivity index (χ1v) is 7.69. The van der Waals surface area contributed by atoms with Crippen molar-refractivity contribution in [2.24, 2.45) is 5.92 Å². The molecule has 0 radical (unpaired) electrons. The molecule has 1 N–H and O–H groups in total. The van der Waals surface area contributed by atoms with Gasteiger partial charge in [-0.05, 0) is 55.2 Å². The van der Waals surface area contributed by atoms with Crippen LogP contribution >= 0.6 is 0 Å². The molecule has 0 bridgehead atoms. The fraction of sp³-hybridized carbons (Fsp3) is 0.211. The van der Waals surface area contributed by atoms with Gasteiger partial charge in [-0.3, -0.25) is 4.79 Å². The number of aromatic nitrogens is 1. The van der Waals surface area contributed by atoms with Gasteiger partial charge in [0.05, 0.1) is 0 Å². The van der Waals surface area contributed by atoms with Gasteiger partial charge in [0.25, 0.3) is 0 Å². The molecular formula is C19H18N2O. The minimum Gasteiger partial charge on any atom is -0.326 e. The van der Waals surface area contributed by atoms with Crippen molar-refractivity contribution in [1.82, 2.24) is 4.40 Å². The fourth-order valence-corrected chi connectivity index (χ4v) is 2.78. The Kier molecular flexibility index (Phi) is 3.00. The van der Waals surface area contributed by atoms with Crippen molar-refractivity contribution in [1.29, 1.82) is 0 Å². The molecule has 0 saturated heterocycles. The smallest absolute Gasteiger partial charge is 0.227 e. The summed E-state index contributed by atoms with van der Waals surface area (Å²) in [5.74, 6) is 0.386. The second-order valence-corrected chi connectivity index (χ2v) is 6.05. The number of anilines is 1. The third-order valence-electron chi connectivity index (χ3n) is 4.28. The van der Waals surface area contributed by atoms with Crippen molar-refractivity contribution in [2.45, 2.75) is 19.8 Å². The van der Waals surface area contributed by atoms with Gasteiger partial charge in [-0.2, -0.15) is 0 Å². The molecule has 0 aliphatic heterocycles. The Hall–Kier alpha value is -2.55. The summed E-state index contributed by atoms with van der Waals surface area (Å²) in [5, 5.41) is 2.97. The number of hydrogen-bond donors (Lipinski definition) is 1. The maximum Gasteiger partial charge on any atom is 0.227 e. The largest absolute Gasteiger partial charge is 0.326 e. The highest BCUT2D eigenvalue weighted by atomic mass is 16.2. The molecule has 1 aliphatic rings. The zero-order valence-electron chi connectivity index (χ0n) is 12.5. The van der Waals surface area contributed by atoms with Crippen LogP contribution in [0.5, 0.6) is 0 Å². The Bertz CT molecular complexity index is 842. The molecule has 3 nitrogen and oxygen atoms in total. The summed E-state index contributed by atoms with van der Waals surface area (Å²) in [7, 11) is 0. The summed E-state index contributed by atoms with van der Waals surface area (Å²) in [6.45, 7) is 2.12. The van der Waals surface area contributed by atoms with Gasteiger partial charge in [0, 0.05) is 35.1 Å². The lowest BCUT2D eigenvalue weighted by Gasteiger charge is -2.05. The monoisotopic (exact) mass is 290 g/mol. The van der Waals surface area contributed by atoms with Gasteiger partial charge >= 0.3 is 0 Å². The van der Waals surface area contributed by atoms with Gasteiger partial charge in [0.1, 0.15) is 0 Å². The average Bonchev–Trinajstić information content (AvgIpc) is 3.28. The number of carbonyl (C=O) groups excluding carboxylic acids is 1. The number of fused-ring (bicyclic) bond motifs is 1. The Morgan fingerprint density at radius 2 is 1.91 bits per heavy atom. The Morgan fingerprint density at radius 1 is 1.14 bits per heavy atom. The summed E-state index contributed by atoms with van der Waals surface area (Å²) >= 11 is 0. The molecule has 0 spiro atoms. The van der Waals surface area contributed by atoms with E-state index in [4.69, 9.17) is 0 Å². The van der Waals surface area contributed by atoms with E-state index in [2.05, 4.69) is 59.4 Å². The lowest BCUT2D eigenvalue weighted by Crippen LogP contribution is -2.12. The number of pyridine rings is 1. The minimum absolute atomic E-state index is 0.151. The highest BCUT2D eigenvalue weighted by Crippen LogP contribution is 2.31. The van der Waals surface area contributed by atoms with Gasteiger partial charge in [0.2, 0.25) is 5.91 Å². The predicted octanol–water partition coefficient (Wildman–Crippen LogP) is 4.26. The molecule has 3 aromatic rings. The van der Waals surface area contributed by atoms with Gasteiger partial charge in [-0.25, -0.2) is 0 Å². The molecule has 1 aliphatic carbocycles. The van der Waals surface area contributed by atoms with Crippen LogP contribution in [0.15, 0.2) is 54.9 Å². The van der Waals surface area contributed by atoms with Crippen molar-refractivity contribution in [3.05, 3.63) is 60.4 Å². The number of nitrogens with one attached hydrogen (secondary N) is 1. The Morgan fingerprint density at radius 3 is 2.59 bits per heavy atom. The molecule has 1 amide bonds. The number of hydrogen-bond acceptors (Lipinski definition) is 1. The summed E-state index contributed by atoms with van der Waals surface area (Å²) < 4.78 is 2.15. The number of benzene rings is 1. The molecule has 1 aromatic carbocycles. The number of aryl methyl sites for hydroxylation is 1. The van der Waals surface area contributed by atoms with Crippen LogP contribution < -0.4 is 5.32 Å².